The van der Waals surface area contributed by atoms with Gasteiger partial charge in [0.05, 0.1) is 12.3 Å². The van der Waals surface area contributed by atoms with Crippen molar-refractivity contribution in [3.63, 3.8) is 0 Å². The molecule has 0 bridgehead atoms. The van der Waals surface area contributed by atoms with E-state index in [4.69, 9.17) is 11.2 Å². The van der Waals surface area contributed by atoms with Crippen LogP contribution in [0.25, 0.3) is 11.0 Å². The van der Waals surface area contributed by atoms with Crippen LogP contribution in [0.1, 0.15) is 31.2 Å². The quantitative estimate of drug-likeness (QED) is 0.661. The van der Waals surface area contributed by atoms with Gasteiger partial charge in [0.25, 0.3) is 0 Å². The Bertz CT molecular complexity index is 1010. The number of terminal acetylenes is 1. The number of rotatable bonds is 5. The van der Waals surface area contributed by atoms with Crippen LogP contribution in [0.15, 0.2) is 36.8 Å². The van der Waals surface area contributed by atoms with Gasteiger partial charge in [-0.25, -0.2) is 19.9 Å². The summed E-state index contributed by atoms with van der Waals surface area (Å²) in [5.41, 5.74) is 2.99. The fraction of sp³-hybridized carbons (Fsp3) is 0.333. The van der Waals surface area contributed by atoms with Crippen molar-refractivity contribution in [3.8, 4) is 12.3 Å². The molecule has 142 valence electrons. The van der Waals surface area contributed by atoms with Crippen molar-refractivity contribution in [2.75, 3.05) is 17.7 Å². The minimum Gasteiger partial charge on any atom is -0.381 e. The van der Waals surface area contributed by atoms with Crippen molar-refractivity contribution >= 4 is 28.5 Å². The molecule has 2 aromatic heterocycles. The third kappa shape index (κ3) is 4.02. The summed E-state index contributed by atoms with van der Waals surface area (Å²) in [6.07, 6.45) is 13.2. The number of aromatic nitrogens is 4. The van der Waals surface area contributed by atoms with E-state index in [1.807, 2.05) is 24.3 Å². The van der Waals surface area contributed by atoms with E-state index >= 15 is 0 Å². The molecule has 4 rings (SSSR count). The van der Waals surface area contributed by atoms with Gasteiger partial charge >= 0.3 is 0 Å². The number of nitrogens with zero attached hydrogens (tertiary/aromatic N) is 4. The van der Waals surface area contributed by atoms with E-state index < -0.39 is 0 Å². The zero-order chi connectivity index (χ0) is 19.3. The summed E-state index contributed by atoms with van der Waals surface area (Å²) in [6.45, 7) is 0. The third-order valence-corrected chi connectivity index (χ3v) is 5.01. The Morgan fingerprint density at radius 1 is 1.14 bits per heavy atom. The second kappa shape index (κ2) is 8.19. The van der Waals surface area contributed by atoms with Crippen molar-refractivity contribution in [2.45, 2.75) is 37.8 Å². The molecule has 1 aliphatic carbocycles. The van der Waals surface area contributed by atoms with Crippen LogP contribution in [-0.4, -0.2) is 39.2 Å². The maximum atomic E-state index is 5.49. The molecular formula is C21H22N6O. The van der Waals surface area contributed by atoms with Crippen molar-refractivity contribution in [2.24, 2.45) is 0 Å². The van der Waals surface area contributed by atoms with Gasteiger partial charge in [-0.1, -0.05) is 12.0 Å². The molecule has 2 heterocycles. The minimum absolute atomic E-state index is 0.345. The lowest BCUT2D eigenvalue weighted by Crippen LogP contribution is -2.29. The Morgan fingerprint density at radius 2 is 2.00 bits per heavy atom. The summed E-state index contributed by atoms with van der Waals surface area (Å²) in [4.78, 5) is 17.7. The molecule has 7 heteroatoms. The third-order valence-electron chi connectivity index (χ3n) is 5.01. The molecule has 0 unspecified atom stereocenters. The van der Waals surface area contributed by atoms with Gasteiger partial charge in [-0.2, -0.15) is 0 Å². The monoisotopic (exact) mass is 374 g/mol. The molecular weight excluding hydrogens is 352 g/mol. The summed E-state index contributed by atoms with van der Waals surface area (Å²) in [7, 11) is 1.78. The normalized spacial score (nSPS) is 19.1. The summed E-state index contributed by atoms with van der Waals surface area (Å²) < 4.78 is 5.44. The highest BCUT2D eigenvalue weighted by atomic mass is 16.5. The van der Waals surface area contributed by atoms with E-state index in [1.54, 1.807) is 13.3 Å². The van der Waals surface area contributed by atoms with E-state index in [9.17, 15) is 0 Å². The van der Waals surface area contributed by atoms with Crippen molar-refractivity contribution in [1.29, 1.82) is 0 Å². The molecule has 3 aromatic rings. The standard InChI is InChI=1S/C21H22N6O/c1-3-14-5-4-6-16(11-14)25-20-19-18(23-13-24-20)12-22-21(27-19)26-15-7-9-17(28-2)10-8-15/h1,4-6,11-13,15,17H,7-10H2,2H3,(H,22,26,27)(H,23,24,25)/t15-,17-. The molecule has 0 radical (unpaired) electrons. The minimum atomic E-state index is 0.345. The first-order valence-electron chi connectivity index (χ1n) is 9.36. The Kier molecular flexibility index (Phi) is 5.31. The molecule has 28 heavy (non-hydrogen) atoms. The van der Waals surface area contributed by atoms with Gasteiger partial charge in [-0.05, 0) is 43.9 Å². The topological polar surface area (TPSA) is 84.9 Å². The van der Waals surface area contributed by atoms with E-state index in [2.05, 4.69) is 36.5 Å². The second-order valence-electron chi connectivity index (χ2n) is 6.85. The smallest absolute Gasteiger partial charge is 0.223 e. The van der Waals surface area contributed by atoms with Gasteiger partial charge in [0.2, 0.25) is 5.95 Å². The number of methoxy groups -OCH3 is 1. The summed E-state index contributed by atoms with van der Waals surface area (Å²) in [5, 5.41) is 6.72. The SMILES string of the molecule is C#Cc1cccc(Nc2ncnc3cnc(N[C@H]4CC[C@H](OC)CC4)nc23)c1. The van der Waals surface area contributed by atoms with Crippen LogP contribution >= 0.6 is 0 Å². The largest absolute Gasteiger partial charge is 0.381 e. The number of anilines is 3. The number of hydrogen-bond acceptors (Lipinski definition) is 7. The average Bonchev–Trinajstić information content (AvgIpc) is 2.75. The van der Waals surface area contributed by atoms with Crippen molar-refractivity contribution in [1.82, 2.24) is 19.9 Å². The Labute approximate surface area is 164 Å². The van der Waals surface area contributed by atoms with Gasteiger partial charge < -0.3 is 15.4 Å². The van der Waals surface area contributed by atoms with Gasteiger partial charge in [0.15, 0.2) is 5.82 Å². The Balaban J connectivity index is 1.56. The average molecular weight is 374 g/mol. The summed E-state index contributed by atoms with van der Waals surface area (Å²) in [6, 6.07) is 7.95. The van der Waals surface area contributed by atoms with Gasteiger partial charge in [0, 0.05) is 24.4 Å². The number of ether oxygens (including phenoxy) is 1. The highest BCUT2D eigenvalue weighted by molar-refractivity contribution is 5.87. The van der Waals surface area contributed by atoms with Crippen LogP contribution < -0.4 is 10.6 Å². The zero-order valence-corrected chi connectivity index (χ0v) is 15.7. The zero-order valence-electron chi connectivity index (χ0n) is 15.7. The molecule has 0 aliphatic heterocycles. The maximum absolute atomic E-state index is 5.49. The van der Waals surface area contributed by atoms with Crippen LogP contribution in [0, 0.1) is 12.3 Å². The van der Waals surface area contributed by atoms with Crippen LogP contribution in [0.5, 0.6) is 0 Å². The molecule has 1 aromatic carbocycles. The Morgan fingerprint density at radius 3 is 2.79 bits per heavy atom. The Hall–Kier alpha value is -3.24. The molecule has 1 saturated carbocycles. The molecule has 0 atom stereocenters. The fourth-order valence-corrected chi connectivity index (χ4v) is 3.46. The molecule has 0 amide bonds. The second-order valence-corrected chi connectivity index (χ2v) is 6.85. The number of fused-ring (bicyclic) bond motifs is 1. The van der Waals surface area contributed by atoms with Gasteiger partial charge in [0.1, 0.15) is 17.4 Å². The van der Waals surface area contributed by atoms with Crippen LogP contribution in [-0.2, 0) is 4.74 Å². The van der Waals surface area contributed by atoms with Crippen molar-refractivity contribution < 1.29 is 4.74 Å². The van der Waals surface area contributed by atoms with E-state index in [-0.39, 0.29) is 0 Å². The van der Waals surface area contributed by atoms with Crippen molar-refractivity contribution in [3.05, 3.63) is 42.4 Å². The fourth-order valence-electron chi connectivity index (χ4n) is 3.46. The first-order chi connectivity index (χ1) is 13.7. The number of hydrogen-bond donors (Lipinski definition) is 2. The predicted molar refractivity (Wildman–Crippen MR) is 109 cm³/mol. The first-order valence-corrected chi connectivity index (χ1v) is 9.36. The van der Waals surface area contributed by atoms with Crippen LogP contribution in [0.2, 0.25) is 0 Å². The predicted octanol–water partition coefficient (Wildman–Crippen LogP) is 3.51. The van der Waals surface area contributed by atoms with E-state index in [0.717, 1.165) is 36.9 Å². The van der Waals surface area contributed by atoms with E-state index in [0.29, 0.717) is 34.9 Å². The molecule has 1 aliphatic rings. The number of nitrogens with one attached hydrogen (secondary N) is 2. The molecule has 7 nitrogen and oxygen atoms in total. The molecule has 1 fully saturated rings. The van der Waals surface area contributed by atoms with E-state index in [1.165, 1.54) is 6.33 Å². The molecule has 2 N–H and O–H groups in total. The molecule has 0 saturated heterocycles. The lowest BCUT2D eigenvalue weighted by atomic mass is 9.93. The lowest BCUT2D eigenvalue weighted by Gasteiger charge is -2.28. The highest BCUT2D eigenvalue weighted by Crippen LogP contribution is 2.25. The van der Waals surface area contributed by atoms with Crippen LogP contribution in [0.4, 0.5) is 17.5 Å². The van der Waals surface area contributed by atoms with Gasteiger partial charge in [-0.15, -0.1) is 6.42 Å². The maximum Gasteiger partial charge on any atom is 0.223 e. The molecule has 0 spiro atoms. The highest BCUT2D eigenvalue weighted by Gasteiger charge is 2.21. The first kappa shape index (κ1) is 18.1. The summed E-state index contributed by atoms with van der Waals surface area (Å²) >= 11 is 0. The van der Waals surface area contributed by atoms with Gasteiger partial charge in [-0.3, -0.25) is 0 Å². The summed E-state index contributed by atoms with van der Waals surface area (Å²) in [5.74, 6) is 3.84. The van der Waals surface area contributed by atoms with Crippen LogP contribution in [0.3, 0.4) is 0 Å². The number of benzene rings is 1. The lowest BCUT2D eigenvalue weighted by molar-refractivity contribution is 0.0681.